The summed E-state index contributed by atoms with van der Waals surface area (Å²) in [5.74, 6) is 0. The van der Waals surface area contributed by atoms with Crippen LogP contribution in [0.1, 0.15) is 5.56 Å². The maximum Gasteiger partial charge on any atom is 0.195 e. The van der Waals surface area contributed by atoms with Gasteiger partial charge >= 0.3 is 0 Å². The minimum Gasteiger partial charge on any atom is -0.456 e. The highest BCUT2D eigenvalue weighted by molar-refractivity contribution is 6.05. The van der Waals surface area contributed by atoms with Gasteiger partial charge in [-0.25, -0.2) is 0 Å². The summed E-state index contributed by atoms with van der Waals surface area (Å²) >= 11 is 0. The van der Waals surface area contributed by atoms with Crippen molar-refractivity contribution in [2.24, 2.45) is 7.05 Å². The number of para-hydroxylation sites is 1. The number of furan rings is 1. The van der Waals surface area contributed by atoms with E-state index in [2.05, 4.69) is 40.7 Å². The molecule has 0 fully saturated rings. The molecule has 4 aromatic rings. The molecular formula is C17H15N2O+. The Balaban J connectivity index is 2.10. The van der Waals surface area contributed by atoms with Gasteiger partial charge in [0, 0.05) is 16.8 Å². The van der Waals surface area contributed by atoms with Gasteiger partial charge < -0.3 is 4.42 Å². The molecule has 0 radical (unpaired) electrons. The molecule has 0 unspecified atom stereocenters. The van der Waals surface area contributed by atoms with Crippen molar-refractivity contribution < 1.29 is 9.10 Å². The molecular weight excluding hydrogens is 248 g/mol. The Kier molecular flexibility index (Phi) is 2.24. The molecule has 2 aromatic carbocycles. The van der Waals surface area contributed by atoms with Gasteiger partial charge in [0.15, 0.2) is 13.2 Å². The smallest absolute Gasteiger partial charge is 0.195 e. The van der Waals surface area contributed by atoms with Crippen LogP contribution in [0.5, 0.6) is 0 Å². The quantitative estimate of drug-likeness (QED) is 0.482. The number of aromatic nitrogens is 2. The number of rotatable bonds is 1. The predicted octanol–water partition coefficient (Wildman–Crippen LogP) is 3.51. The van der Waals surface area contributed by atoms with E-state index in [1.54, 1.807) is 0 Å². The van der Waals surface area contributed by atoms with Gasteiger partial charge in [-0.2, -0.15) is 0 Å². The van der Waals surface area contributed by atoms with Crippen LogP contribution in [-0.2, 0) is 7.05 Å². The average molecular weight is 263 g/mol. The largest absolute Gasteiger partial charge is 0.456 e. The SMILES string of the molecule is Cc1cc2oc3ccccc3c2cc1-n1ccc[n+]1C. The number of hydrogen-bond acceptors (Lipinski definition) is 1. The Bertz CT molecular complexity index is 931. The molecule has 0 aliphatic rings. The number of aryl methyl sites for hydroxylation is 2. The van der Waals surface area contributed by atoms with Gasteiger partial charge in [-0.1, -0.05) is 18.2 Å². The lowest BCUT2D eigenvalue weighted by Gasteiger charge is -2.04. The summed E-state index contributed by atoms with van der Waals surface area (Å²) in [6, 6.07) is 14.5. The van der Waals surface area contributed by atoms with E-state index in [0.29, 0.717) is 0 Å². The van der Waals surface area contributed by atoms with E-state index >= 15 is 0 Å². The number of hydrogen-bond donors (Lipinski definition) is 0. The summed E-state index contributed by atoms with van der Waals surface area (Å²) in [5.41, 5.74) is 4.26. The van der Waals surface area contributed by atoms with Crippen LogP contribution in [0.15, 0.2) is 59.3 Å². The van der Waals surface area contributed by atoms with E-state index in [1.807, 2.05) is 37.5 Å². The Hall–Kier alpha value is -2.55. The lowest BCUT2D eigenvalue weighted by atomic mass is 10.1. The van der Waals surface area contributed by atoms with E-state index in [1.165, 1.54) is 16.6 Å². The fourth-order valence-electron chi connectivity index (χ4n) is 2.78. The second-order valence-corrected chi connectivity index (χ2v) is 5.14. The first-order valence-corrected chi connectivity index (χ1v) is 6.69. The highest BCUT2D eigenvalue weighted by Crippen LogP contribution is 2.31. The fraction of sp³-hybridized carbons (Fsp3) is 0.118. The molecule has 0 aliphatic heterocycles. The average Bonchev–Trinajstić information content (AvgIpc) is 3.01. The molecule has 0 N–H and O–H groups in total. The summed E-state index contributed by atoms with van der Waals surface area (Å²) in [6.07, 6.45) is 4.10. The van der Waals surface area contributed by atoms with Gasteiger partial charge in [0.2, 0.25) is 0 Å². The summed E-state index contributed by atoms with van der Waals surface area (Å²) in [6.45, 7) is 2.11. The van der Waals surface area contributed by atoms with Gasteiger partial charge in [-0.3, -0.25) is 0 Å². The van der Waals surface area contributed by atoms with Crippen LogP contribution in [0.25, 0.3) is 27.6 Å². The van der Waals surface area contributed by atoms with Gasteiger partial charge in [0.25, 0.3) is 0 Å². The Morgan fingerprint density at radius 1 is 1.00 bits per heavy atom. The van der Waals surface area contributed by atoms with Crippen molar-refractivity contribution in [3.05, 3.63) is 60.4 Å². The van der Waals surface area contributed by atoms with E-state index in [0.717, 1.165) is 16.6 Å². The lowest BCUT2D eigenvalue weighted by Crippen LogP contribution is -2.36. The molecule has 0 bridgehead atoms. The van der Waals surface area contributed by atoms with Crippen LogP contribution >= 0.6 is 0 Å². The van der Waals surface area contributed by atoms with E-state index in [-0.39, 0.29) is 0 Å². The van der Waals surface area contributed by atoms with Crippen molar-refractivity contribution in [3.63, 3.8) is 0 Å². The first-order valence-electron chi connectivity index (χ1n) is 6.69. The van der Waals surface area contributed by atoms with Crippen LogP contribution in [0, 0.1) is 6.92 Å². The third-order valence-electron chi connectivity index (χ3n) is 3.81. The van der Waals surface area contributed by atoms with Crippen LogP contribution in [0.2, 0.25) is 0 Å². The predicted molar refractivity (Wildman–Crippen MR) is 79.0 cm³/mol. The zero-order valence-corrected chi connectivity index (χ0v) is 11.5. The first-order chi connectivity index (χ1) is 9.74. The zero-order valence-electron chi connectivity index (χ0n) is 11.5. The Morgan fingerprint density at radius 3 is 2.65 bits per heavy atom. The molecule has 0 amide bonds. The molecule has 0 aliphatic carbocycles. The monoisotopic (exact) mass is 263 g/mol. The summed E-state index contributed by atoms with van der Waals surface area (Å²) in [7, 11) is 2.04. The molecule has 20 heavy (non-hydrogen) atoms. The number of fused-ring (bicyclic) bond motifs is 3. The van der Waals surface area contributed by atoms with Crippen LogP contribution in [-0.4, -0.2) is 4.68 Å². The van der Waals surface area contributed by atoms with E-state index in [4.69, 9.17) is 4.42 Å². The van der Waals surface area contributed by atoms with Gasteiger partial charge in [0.1, 0.15) is 16.9 Å². The van der Waals surface area contributed by atoms with Gasteiger partial charge in [-0.05, 0) is 30.7 Å². The Labute approximate surface area is 116 Å². The standard InChI is InChI=1S/C17H15N2O/c1-12-10-17-14(13-6-3-4-7-16(13)20-17)11-15(12)19-9-5-8-18(19)2/h3-11H,1-2H3/q+1. The lowest BCUT2D eigenvalue weighted by molar-refractivity contribution is -0.744. The fourth-order valence-corrected chi connectivity index (χ4v) is 2.78. The minimum absolute atomic E-state index is 0.941. The number of nitrogens with zero attached hydrogens (tertiary/aromatic N) is 2. The molecule has 3 heteroatoms. The summed E-state index contributed by atoms with van der Waals surface area (Å²) < 4.78 is 10.1. The Morgan fingerprint density at radius 2 is 1.85 bits per heavy atom. The zero-order chi connectivity index (χ0) is 13.7. The molecule has 98 valence electrons. The molecule has 0 spiro atoms. The second-order valence-electron chi connectivity index (χ2n) is 5.14. The van der Waals surface area contributed by atoms with Crippen molar-refractivity contribution in [3.8, 4) is 5.69 Å². The maximum atomic E-state index is 5.92. The maximum absolute atomic E-state index is 5.92. The van der Waals surface area contributed by atoms with E-state index < -0.39 is 0 Å². The van der Waals surface area contributed by atoms with Crippen LogP contribution < -0.4 is 4.68 Å². The molecule has 0 saturated heterocycles. The van der Waals surface area contributed by atoms with E-state index in [9.17, 15) is 0 Å². The third-order valence-corrected chi connectivity index (χ3v) is 3.81. The van der Waals surface area contributed by atoms with Crippen molar-refractivity contribution in [2.45, 2.75) is 6.92 Å². The molecule has 2 aromatic heterocycles. The first kappa shape index (κ1) is 11.3. The number of benzene rings is 2. The normalized spacial score (nSPS) is 11.5. The molecule has 2 heterocycles. The highest BCUT2D eigenvalue weighted by Gasteiger charge is 2.13. The van der Waals surface area contributed by atoms with Gasteiger partial charge in [-0.15, -0.1) is 9.36 Å². The molecule has 0 atom stereocenters. The van der Waals surface area contributed by atoms with Crippen molar-refractivity contribution in [1.29, 1.82) is 0 Å². The topological polar surface area (TPSA) is 21.9 Å². The molecule has 4 rings (SSSR count). The van der Waals surface area contributed by atoms with Crippen molar-refractivity contribution >= 4 is 21.9 Å². The molecule has 3 nitrogen and oxygen atoms in total. The summed E-state index contributed by atoms with van der Waals surface area (Å²) in [4.78, 5) is 0. The minimum atomic E-state index is 0.941. The third kappa shape index (κ3) is 1.50. The van der Waals surface area contributed by atoms with Crippen molar-refractivity contribution in [2.75, 3.05) is 0 Å². The highest BCUT2D eigenvalue weighted by atomic mass is 16.3. The van der Waals surface area contributed by atoms with Gasteiger partial charge in [0.05, 0.1) is 6.20 Å². The van der Waals surface area contributed by atoms with Crippen molar-refractivity contribution in [1.82, 2.24) is 4.68 Å². The molecule has 0 saturated carbocycles. The van der Waals surface area contributed by atoms with Crippen LogP contribution in [0.3, 0.4) is 0 Å². The van der Waals surface area contributed by atoms with Crippen LogP contribution in [0.4, 0.5) is 0 Å². The summed E-state index contributed by atoms with van der Waals surface area (Å²) in [5, 5.41) is 2.33. The second kappa shape index (κ2) is 3.97.